The van der Waals surface area contributed by atoms with Gasteiger partial charge in [0.05, 0.1) is 5.69 Å². The number of nitrogens with zero attached hydrogens (tertiary/aromatic N) is 3. The van der Waals surface area contributed by atoms with Crippen LogP contribution in [-0.2, 0) is 0 Å². The second-order valence-electron chi connectivity index (χ2n) is 5.52. The molecule has 1 aromatic carbocycles. The highest BCUT2D eigenvalue weighted by Gasteiger charge is 2.16. The first kappa shape index (κ1) is 16.7. The molecule has 0 spiro atoms. The molecule has 0 saturated heterocycles. The van der Waals surface area contributed by atoms with Crippen LogP contribution >= 0.6 is 11.6 Å². The average Bonchev–Trinajstić information content (AvgIpc) is 3.19. The summed E-state index contributed by atoms with van der Waals surface area (Å²) < 4.78 is 6.93. The molecule has 124 valence electrons. The lowest BCUT2D eigenvalue weighted by Gasteiger charge is -2.01. The summed E-state index contributed by atoms with van der Waals surface area (Å²) in [6.07, 6.45) is 1.41. The van der Waals surface area contributed by atoms with Crippen molar-refractivity contribution in [2.24, 2.45) is 0 Å². The number of carbonyl (C=O) groups excluding carboxylic acids is 1. The average molecular weight is 352 g/mol. The minimum Gasteiger partial charge on any atom is -0.457 e. The van der Waals surface area contributed by atoms with E-state index >= 15 is 0 Å². The van der Waals surface area contributed by atoms with Gasteiger partial charge in [-0.1, -0.05) is 11.6 Å². The Morgan fingerprint density at radius 2 is 1.96 bits per heavy atom. The van der Waals surface area contributed by atoms with Crippen molar-refractivity contribution in [1.82, 2.24) is 9.78 Å². The Balaban J connectivity index is 1.91. The fourth-order valence-corrected chi connectivity index (χ4v) is 2.56. The van der Waals surface area contributed by atoms with Gasteiger partial charge in [0.1, 0.15) is 23.2 Å². The lowest BCUT2D eigenvalue weighted by atomic mass is 10.2. The number of carbonyl (C=O) groups is 1. The van der Waals surface area contributed by atoms with Gasteiger partial charge < -0.3 is 4.42 Å². The zero-order valence-electron chi connectivity index (χ0n) is 13.7. The first-order valence-corrected chi connectivity index (χ1v) is 7.91. The lowest BCUT2D eigenvalue weighted by molar-refractivity contribution is 0.0943. The molecule has 0 bridgehead atoms. The molecule has 0 fully saturated rings. The highest BCUT2D eigenvalue weighted by atomic mass is 35.5. The smallest absolute Gasteiger partial charge is 0.289 e. The van der Waals surface area contributed by atoms with E-state index in [1.807, 2.05) is 18.2 Å². The number of allylic oxidation sites excluding steroid dienone is 1. The number of aromatic nitrogens is 2. The second-order valence-corrected chi connectivity index (χ2v) is 5.96. The zero-order valence-corrected chi connectivity index (χ0v) is 14.4. The molecule has 0 radical (unpaired) electrons. The molecular formula is C19H14ClN3O2. The molecular weight excluding hydrogens is 338 g/mol. The predicted octanol–water partition coefficient (Wildman–Crippen LogP) is 4.66. The van der Waals surface area contributed by atoms with E-state index in [1.54, 1.807) is 44.2 Å². The minimum atomic E-state index is -0.488. The largest absolute Gasteiger partial charge is 0.457 e. The van der Waals surface area contributed by atoms with Gasteiger partial charge in [-0.3, -0.25) is 4.79 Å². The highest BCUT2D eigenvalue weighted by molar-refractivity contribution is 6.30. The van der Waals surface area contributed by atoms with E-state index in [-0.39, 0.29) is 5.57 Å². The Bertz CT molecular complexity index is 1000. The predicted molar refractivity (Wildman–Crippen MR) is 95.1 cm³/mol. The molecule has 6 heteroatoms. The van der Waals surface area contributed by atoms with E-state index in [0.717, 1.165) is 5.56 Å². The molecule has 0 amide bonds. The maximum atomic E-state index is 12.5. The number of halogens is 1. The fourth-order valence-electron chi connectivity index (χ4n) is 2.43. The molecule has 3 aromatic rings. The maximum Gasteiger partial charge on any atom is 0.289 e. The second kappa shape index (κ2) is 6.80. The topological polar surface area (TPSA) is 71.8 Å². The molecule has 5 nitrogen and oxygen atoms in total. The van der Waals surface area contributed by atoms with Crippen LogP contribution in [0.5, 0.6) is 0 Å². The van der Waals surface area contributed by atoms with Gasteiger partial charge in [-0.25, -0.2) is 4.68 Å². The number of benzene rings is 1. The normalized spacial score (nSPS) is 11.4. The molecule has 0 aliphatic rings. The van der Waals surface area contributed by atoms with Crippen LogP contribution in [0.15, 0.2) is 52.5 Å². The van der Waals surface area contributed by atoms with Crippen LogP contribution in [0.2, 0.25) is 5.02 Å². The van der Waals surface area contributed by atoms with Gasteiger partial charge in [-0.2, -0.15) is 10.4 Å². The lowest BCUT2D eigenvalue weighted by Crippen LogP contribution is -2.15. The Labute approximate surface area is 149 Å². The number of aryl methyl sites for hydroxylation is 2. The molecule has 2 aromatic heterocycles. The van der Waals surface area contributed by atoms with Crippen LogP contribution < -0.4 is 0 Å². The van der Waals surface area contributed by atoms with E-state index in [4.69, 9.17) is 16.0 Å². The minimum absolute atomic E-state index is 0.0526. The van der Waals surface area contributed by atoms with Crippen molar-refractivity contribution in [3.63, 3.8) is 0 Å². The van der Waals surface area contributed by atoms with Crippen molar-refractivity contribution in [1.29, 1.82) is 5.26 Å². The molecule has 0 unspecified atom stereocenters. The SMILES string of the molecule is Cc1cc(C)n(C(=O)/C(C#N)=C/c2ccc(-c3ccc(Cl)cc3)o2)n1. The maximum absolute atomic E-state index is 12.5. The summed E-state index contributed by atoms with van der Waals surface area (Å²) in [4.78, 5) is 12.5. The number of hydrogen-bond acceptors (Lipinski definition) is 4. The molecule has 2 heterocycles. The fraction of sp³-hybridized carbons (Fsp3) is 0.105. The Hall–Kier alpha value is -3.10. The van der Waals surface area contributed by atoms with Gasteiger partial charge in [0.25, 0.3) is 5.91 Å². The number of rotatable bonds is 3. The molecule has 0 aliphatic carbocycles. The van der Waals surface area contributed by atoms with Gasteiger partial charge >= 0.3 is 0 Å². The summed E-state index contributed by atoms with van der Waals surface area (Å²) in [6, 6.07) is 14.4. The van der Waals surface area contributed by atoms with Crippen molar-refractivity contribution in [3.8, 4) is 17.4 Å². The molecule has 0 atom stereocenters. The molecule has 3 rings (SSSR count). The van der Waals surface area contributed by atoms with Crippen LogP contribution in [0.4, 0.5) is 0 Å². The Morgan fingerprint density at radius 1 is 1.24 bits per heavy atom. The summed E-state index contributed by atoms with van der Waals surface area (Å²) in [5.74, 6) is 0.549. The van der Waals surface area contributed by atoms with Crippen molar-refractivity contribution >= 4 is 23.6 Å². The first-order chi connectivity index (χ1) is 12.0. The molecule has 25 heavy (non-hydrogen) atoms. The number of nitriles is 1. The first-order valence-electron chi connectivity index (χ1n) is 7.53. The molecule has 0 N–H and O–H groups in total. The summed E-state index contributed by atoms with van der Waals surface area (Å²) in [6.45, 7) is 3.55. The quantitative estimate of drug-likeness (QED) is 0.508. The standard InChI is InChI=1S/C19H14ClN3O2/c1-12-9-13(2)23(22-12)19(24)15(11-21)10-17-7-8-18(25-17)14-3-5-16(20)6-4-14/h3-10H,1-2H3/b15-10+. The Morgan fingerprint density at radius 3 is 2.56 bits per heavy atom. The van der Waals surface area contributed by atoms with E-state index in [9.17, 15) is 10.1 Å². The summed E-state index contributed by atoms with van der Waals surface area (Å²) in [7, 11) is 0. The van der Waals surface area contributed by atoms with E-state index < -0.39 is 5.91 Å². The third kappa shape index (κ3) is 3.54. The monoisotopic (exact) mass is 351 g/mol. The third-order valence-electron chi connectivity index (χ3n) is 3.59. The van der Waals surface area contributed by atoms with E-state index in [0.29, 0.717) is 27.9 Å². The van der Waals surface area contributed by atoms with Gasteiger partial charge in [-0.15, -0.1) is 0 Å². The number of furan rings is 1. The van der Waals surface area contributed by atoms with Crippen LogP contribution in [0.25, 0.3) is 17.4 Å². The van der Waals surface area contributed by atoms with E-state index in [1.165, 1.54) is 10.8 Å². The zero-order chi connectivity index (χ0) is 18.0. The summed E-state index contributed by atoms with van der Waals surface area (Å²) >= 11 is 5.88. The highest BCUT2D eigenvalue weighted by Crippen LogP contribution is 2.25. The summed E-state index contributed by atoms with van der Waals surface area (Å²) in [5, 5.41) is 14.1. The van der Waals surface area contributed by atoms with Crippen molar-refractivity contribution in [2.75, 3.05) is 0 Å². The summed E-state index contributed by atoms with van der Waals surface area (Å²) in [5.41, 5.74) is 2.19. The molecule has 0 saturated carbocycles. The van der Waals surface area contributed by atoms with Crippen molar-refractivity contribution in [3.05, 3.63) is 70.2 Å². The van der Waals surface area contributed by atoms with Crippen LogP contribution in [0.1, 0.15) is 21.9 Å². The van der Waals surface area contributed by atoms with Gasteiger partial charge in [0, 0.05) is 22.4 Å². The van der Waals surface area contributed by atoms with Gasteiger partial charge in [0.15, 0.2) is 0 Å². The van der Waals surface area contributed by atoms with Gasteiger partial charge in [-0.05, 0) is 56.3 Å². The van der Waals surface area contributed by atoms with Crippen LogP contribution in [0.3, 0.4) is 0 Å². The van der Waals surface area contributed by atoms with Crippen molar-refractivity contribution in [2.45, 2.75) is 13.8 Å². The third-order valence-corrected chi connectivity index (χ3v) is 3.85. The van der Waals surface area contributed by atoms with Crippen LogP contribution in [-0.4, -0.2) is 15.7 Å². The van der Waals surface area contributed by atoms with Gasteiger partial charge in [0.2, 0.25) is 0 Å². The van der Waals surface area contributed by atoms with Crippen LogP contribution in [0, 0.1) is 25.2 Å². The number of hydrogen-bond donors (Lipinski definition) is 0. The molecule has 0 aliphatic heterocycles. The Kier molecular flexibility index (Phi) is 4.55. The van der Waals surface area contributed by atoms with Crippen molar-refractivity contribution < 1.29 is 9.21 Å². The van der Waals surface area contributed by atoms with E-state index in [2.05, 4.69) is 5.10 Å².